The Labute approximate surface area is 173 Å². The quantitative estimate of drug-likeness (QED) is 0.669. The second-order valence-electron chi connectivity index (χ2n) is 8.51. The van der Waals surface area contributed by atoms with Gasteiger partial charge in [0.2, 0.25) is 5.91 Å². The van der Waals surface area contributed by atoms with Gasteiger partial charge in [-0.1, -0.05) is 37.3 Å². The molecule has 3 nitrogen and oxygen atoms in total. The molecule has 1 aliphatic heterocycles. The van der Waals surface area contributed by atoms with E-state index in [9.17, 15) is 9.18 Å². The van der Waals surface area contributed by atoms with Gasteiger partial charge >= 0.3 is 0 Å². The fourth-order valence-corrected chi connectivity index (χ4v) is 4.67. The van der Waals surface area contributed by atoms with Gasteiger partial charge in [0, 0.05) is 24.8 Å². The average Bonchev–Trinajstić information content (AvgIpc) is 2.67. The molecule has 2 aromatic rings. The summed E-state index contributed by atoms with van der Waals surface area (Å²) in [7, 11) is 0. The summed E-state index contributed by atoms with van der Waals surface area (Å²) in [5, 5.41) is 9.00. The Morgan fingerprint density at radius 1 is 1.14 bits per heavy atom. The summed E-state index contributed by atoms with van der Waals surface area (Å²) in [5.41, 5.74) is 5.20. The number of hydrogen-bond donors (Lipinski definition) is 1. The van der Waals surface area contributed by atoms with Crippen LogP contribution in [0.2, 0.25) is 0 Å². The third-order valence-corrected chi connectivity index (χ3v) is 5.98. The Bertz CT molecular complexity index is 841. The van der Waals surface area contributed by atoms with Gasteiger partial charge in [0.25, 0.3) is 0 Å². The number of anilines is 1. The predicted molar refractivity (Wildman–Crippen MR) is 116 cm³/mol. The van der Waals surface area contributed by atoms with Crippen LogP contribution >= 0.6 is 0 Å². The first kappa shape index (κ1) is 21.5. The average molecular weight is 398 g/mol. The number of aliphatic hydroxyl groups is 1. The summed E-state index contributed by atoms with van der Waals surface area (Å²) in [6.45, 7) is 6.96. The largest absolute Gasteiger partial charge is 0.396 e. The molecule has 2 atom stereocenters. The Morgan fingerprint density at radius 3 is 2.48 bits per heavy atom. The number of halogens is 1. The standard InChI is InChI=1S/C25H32FNO2/c1-17-12-20(8-6-7-11-28)13-18(2)24(17)27-16-21(14-19(3)25(27)29)15-22-9-4-5-10-23(22)26/h4-5,9-10,12-13,19,21,28H,6-8,11,14-16H2,1-3H3/t19-,21-/m1/s1. The van der Waals surface area contributed by atoms with Crippen LogP contribution < -0.4 is 4.90 Å². The summed E-state index contributed by atoms with van der Waals surface area (Å²) in [6.07, 6.45) is 4.14. The van der Waals surface area contributed by atoms with Crippen LogP contribution in [-0.4, -0.2) is 24.2 Å². The van der Waals surface area contributed by atoms with Gasteiger partial charge in [0.05, 0.1) is 0 Å². The van der Waals surface area contributed by atoms with Crippen molar-refractivity contribution in [3.05, 3.63) is 64.5 Å². The number of nitrogens with zero attached hydrogens (tertiary/aromatic N) is 1. The van der Waals surface area contributed by atoms with Crippen LogP contribution in [0.1, 0.15) is 48.4 Å². The van der Waals surface area contributed by atoms with Crippen LogP contribution in [0.15, 0.2) is 36.4 Å². The number of aliphatic hydroxyl groups excluding tert-OH is 1. The highest BCUT2D eigenvalue weighted by atomic mass is 19.1. The molecule has 1 amide bonds. The van der Waals surface area contributed by atoms with Crippen LogP contribution in [0, 0.1) is 31.5 Å². The number of carbonyl (C=O) groups is 1. The highest BCUT2D eigenvalue weighted by Crippen LogP contribution is 2.34. The van der Waals surface area contributed by atoms with E-state index in [1.807, 2.05) is 24.0 Å². The van der Waals surface area contributed by atoms with E-state index in [1.54, 1.807) is 6.07 Å². The lowest BCUT2D eigenvalue weighted by molar-refractivity contribution is -0.124. The topological polar surface area (TPSA) is 40.5 Å². The van der Waals surface area contributed by atoms with Gasteiger partial charge in [-0.25, -0.2) is 4.39 Å². The first-order chi connectivity index (χ1) is 13.9. The molecule has 1 heterocycles. The van der Waals surface area contributed by atoms with E-state index >= 15 is 0 Å². The van der Waals surface area contributed by atoms with Crippen LogP contribution in [0.3, 0.4) is 0 Å². The van der Waals surface area contributed by atoms with E-state index < -0.39 is 0 Å². The number of rotatable bonds is 7. The van der Waals surface area contributed by atoms with Gasteiger partial charge in [0.15, 0.2) is 0 Å². The SMILES string of the molecule is Cc1cc(CCCCO)cc(C)c1N1C[C@@H](Cc2ccccc2F)C[C@@H](C)C1=O. The minimum atomic E-state index is -0.164. The molecular weight excluding hydrogens is 365 g/mol. The number of benzene rings is 2. The summed E-state index contributed by atoms with van der Waals surface area (Å²) in [4.78, 5) is 14.9. The molecule has 0 aliphatic carbocycles. The maximum Gasteiger partial charge on any atom is 0.229 e. The predicted octanol–water partition coefficient (Wildman–Crippen LogP) is 4.99. The molecule has 3 rings (SSSR count). The molecule has 0 aromatic heterocycles. The number of aryl methyl sites for hydroxylation is 3. The highest BCUT2D eigenvalue weighted by Gasteiger charge is 2.34. The van der Waals surface area contributed by atoms with Gasteiger partial charge in [-0.15, -0.1) is 0 Å². The molecule has 1 saturated heterocycles. The normalized spacial score (nSPS) is 19.6. The number of amides is 1. The summed E-state index contributed by atoms with van der Waals surface area (Å²) in [5.74, 6) is 0.170. The highest BCUT2D eigenvalue weighted by molar-refractivity contribution is 5.97. The van der Waals surface area contributed by atoms with Crippen LogP contribution in [-0.2, 0) is 17.6 Å². The summed E-state index contributed by atoms with van der Waals surface area (Å²) < 4.78 is 14.1. The number of piperidine rings is 1. The second-order valence-corrected chi connectivity index (χ2v) is 8.51. The van der Waals surface area contributed by atoms with Crippen molar-refractivity contribution in [3.63, 3.8) is 0 Å². The van der Waals surface area contributed by atoms with Crippen molar-refractivity contribution in [2.75, 3.05) is 18.1 Å². The van der Waals surface area contributed by atoms with Crippen molar-refractivity contribution in [1.82, 2.24) is 0 Å². The minimum absolute atomic E-state index is 0.0662. The summed E-state index contributed by atoms with van der Waals surface area (Å²) >= 11 is 0. The van der Waals surface area contributed by atoms with Gasteiger partial charge in [-0.2, -0.15) is 0 Å². The van der Waals surface area contributed by atoms with Crippen LogP contribution in [0.25, 0.3) is 0 Å². The zero-order valence-electron chi connectivity index (χ0n) is 17.7. The van der Waals surface area contributed by atoms with Crippen molar-refractivity contribution >= 4 is 11.6 Å². The van der Waals surface area contributed by atoms with Crippen molar-refractivity contribution in [2.24, 2.45) is 11.8 Å². The van der Waals surface area contributed by atoms with Crippen molar-refractivity contribution in [2.45, 2.75) is 52.9 Å². The van der Waals surface area contributed by atoms with Crippen LogP contribution in [0.4, 0.5) is 10.1 Å². The second kappa shape index (κ2) is 9.53. The van der Waals surface area contributed by atoms with Crippen molar-refractivity contribution in [3.8, 4) is 0 Å². The van der Waals surface area contributed by atoms with Crippen molar-refractivity contribution < 1.29 is 14.3 Å². The van der Waals surface area contributed by atoms with E-state index in [0.29, 0.717) is 13.0 Å². The van der Waals surface area contributed by atoms with E-state index in [2.05, 4.69) is 26.0 Å². The fraction of sp³-hybridized carbons (Fsp3) is 0.480. The maximum atomic E-state index is 14.1. The zero-order valence-corrected chi connectivity index (χ0v) is 17.7. The molecule has 0 spiro atoms. The number of unbranched alkanes of at least 4 members (excludes halogenated alkanes) is 1. The molecule has 1 aliphatic rings. The fourth-order valence-electron chi connectivity index (χ4n) is 4.67. The monoisotopic (exact) mass is 397 g/mol. The Hall–Kier alpha value is -2.20. The van der Waals surface area contributed by atoms with Gasteiger partial charge in [-0.05, 0) is 80.2 Å². The van der Waals surface area contributed by atoms with Gasteiger partial charge in [0.1, 0.15) is 5.82 Å². The number of carbonyl (C=O) groups excluding carboxylic acids is 1. The third-order valence-electron chi connectivity index (χ3n) is 5.98. The van der Waals surface area contributed by atoms with E-state index in [4.69, 9.17) is 5.11 Å². The molecule has 0 radical (unpaired) electrons. The molecule has 0 saturated carbocycles. The Morgan fingerprint density at radius 2 is 1.83 bits per heavy atom. The van der Waals surface area contributed by atoms with Crippen molar-refractivity contribution in [1.29, 1.82) is 0 Å². The first-order valence-corrected chi connectivity index (χ1v) is 10.7. The first-order valence-electron chi connectivity index (χ1n) is 10.7. The maximum absolute atomic E-state index is 14.1. The minimum Gasteiger partial charge on any atom is -0.396 e. The molecule has 1 fully saturated rings. The molecule has 156 valence electrons. The van der Waals surface area contributed by atoms with E-state index in [-0.39, 0.29) is 30.2 Å². The molecule has 4 heteroatoms. The van der Waals surface area contributed by atoms with E-state index in [0.717, 1.165) is 48.1 Å². The third kappa shape index (κ3) is 5.05. The van der Waals surface area contributed by atoms with E-state index in [1.165, 1.54) is 11.6 Å². The summed E-state index contributed by atoms with van der Waals surface area (Å²) in [6, 6.07) is 11.3. The van der Waals surface area contributed by atoms with Gasteiger partial charge in [-0.3, -0.25) is 4.79 Å². The number of hydrogen-bond acceptors (Lipinski definition) is 2. The Balaban J connectivity index is 1.82. The molecule has 0 unspecified atom stereocenters. The molecular formula is C25H32FNO2. The van der Waals surface area contributed by atoms with Crippen LogP contribution in [0.5, 0.6) is 0 Å². The lowest BCUT2D eigenvalue weighted by atomic mass is 9.84. The molecule has 0 bridgehead atoms. The molecule has 29 heavy (non-hydrogen) atoms. The lowest BCUT2D eigenvalue weighted by Gasteiger charge is -2.38. The smallest absolute Gasteiger partial charge is 0.229 e. The Kier molecular flexibility index (Phi) is 7.07. The molecule has 1 N–H and O–H groups in total. The lowest BCUT2D eigenvalue weighted by Crippen LogP contribution is -2.46. The molecule has 2 aromatic carbocycles. The van der Waals surface area contributed by atoms with Gasteiger partial charge < -0.3 is 10.0 Å². The zero-order chi connectivity index (χ0) is 21.0.